The molecule has 0 aromatic heterocycles. The molecule has 1 unspecified atom stereocenters. The molecule has 0 radical (unpaired) electrons. The Kier molecular flexibility index (Phi) is 8.03. The quantitative estimate of drug-likeness (QED) is 0.447. The van der Waals surface area contributed by atoms with E-state index in [1.165, 1.54) is 15.4 Å². The number of nitrogens with zero attached hydrogens (tertiary/aromatic N) is 3. The summed E-state index contributed by atoms with van der Waals surface area (Å²) in [7, 11) is -3.72. The lowest BCUT2D eigenvalue weighted by atomic mass is 9.96. The summed E-state index contributed by atoms with van der Waals surface area (Å²) in [4.78, 5) is 17.7. The van der Waals surface area contributed by atoms with Crippen LogP contribution in [0.5, 0.6) is 0 Å². The lowest BCUT2D eigenvalue weighted by Gasteiger charge is -2.41. The van der Waals surface area contributed by atoms with Crippen molar-refractivity contribution in [3.63, 3.8) is 0 Å². The van der Waals surface area contributed by atoms with Crippen LogP contribution in [0.2, 0.25) is 5.02 Å². The zero-order valence-corrected chi connectivity index (χ0v) is 22.4. The number of anilines is 1. The Labute approximate surface area is 219 Å². The topological polar surface area (TPSA) is 60.9 Å². The van der Waals surface area contributed by atoms with Crippen LogP contribution in [0.25, 0.3) is 0 Å². The van der Waals surface area contributed by atoms with Crippen LogP contribution < -0.4 is 4.31 Å². The van der Waals surface area contributed by atoms with Gasteiger partial charge in [0.25, 0.3) is 0 Å². The molecule has 36 heavy (non-hydrogen) atoms. The summed E-state index contributed by atoms with van der Waals surface area (Å²) in [6.07, 6.45) is 1.12. The molecule has 1 aliphatic rings. The first-order valence-electron chi connectivity index (χ1n) is 12.0. The lowest BCUT2D eigenvalue weighted by molar-refractivity contribution is -0.134. The van der Waals surface area contributed by atoms with E-state index < -0.39 is 16.1 Å². The van der Waals surface area contributed by atoms with E-state index in [0.29, 0.717) is 36.9 Å². The summed E-state index contributed by atoms with van der Waals surface area (Å²) in [5.41, 5.74) is 3.58. The van der Waals surface area contributed by atoms with E-state index in [1.54, 1.807) is 30.0 Å². The summed E-state index contributed by atoms with van der Waals surface area (Å²) in [5, 5.41) is 0.422. The Bertz CT molecular complexity index is 1250. The van der Waals surface area contributed by atoms with E-state index in [1.807, 2.05) is 43.3 Å². The molecular weight excluding hydrogens is 494 g/mol. The molecule has 0 saturated carbocycles. The van der Waals surface area contributed by atoms with E-state index in [2.05, 4.69) is 29.2 Å². The number of aryl methyl sites for hydroxylation is 1. The van der Waals surface area contributed by atoms with Crippen molar-refractivity contribution in [1.82, 2.24) is 9.80 Å². The van der Waals surface area contributed by atoms with Gasteiger partial charge in [-0.1, -0.05) is 78.3 Å². The molecule has 190 valence electrons. The van der Waals surface area contributed by atoms with Gasteiger partial charge in [-0.05, 0) is 42.7 Å². The Morgan fingerprint density at radius 3 is 1.92 bits per heavy atom. The first kappa shape index (κ1) is 26.2. The molecule has 1 aliphatic heterocycles. The highest BCUT2D eigenvalue weighted by Gasteiger charge is 2.35. The third kappa shape index (κ3) is 5.75. The van der Waals surface area contributed by atoms with Crippen molar-refractivity contribution in [3.05, 3.63) is 101 Å². The molecule has 0 spiro atoms. The van der Waals surface area contributed by atoms with E-state index in [-0.39, 0.29) is 11.9 Å². The molecule has 3 aromatic rings. The lowest BCUT2D eigenvalue weighted by Crippen LogP contribution is -2.55. The highest BCUT2D eigenvalue weighted by Crippen LogP contribution is 2.31. The molecule has 3 aromatic carbocycles. The average Bonchev–Trinajstić information content (AvgIpc) is 2.87. The number of amides is 1. The number of carbonyl (C=O) groups excluding carboxylic acids is 1. The summed E-state index contributed by atoms with van der Waals surface area (Å²) in [6, 6.07) is 25.0. The van der Waals surface area contributed by atoms with Crippen molar-refractivity contribution in [2.75, 3.05) is 36.7 Å². The number of hydrogen-bond donors (Lipinski definition) is 0. The second-order valence-electron chi connectivity index (χ2n) is 9.25. The van der Waals surface area contributed by atoms with Crippen LogP contribution in [-0.4, -0.2) is 62.6 Å². The zero-order chi connectivity index (χ0) is 25.9. The fraction of sp³-hybridized carbons (Fsp3) is 0.321. The van der Waals surface area contributed by atoms with Gasteiger partial charge < -0.3 is 4.90 Å². The van der Waals surface area contributed by atoms with Crippen molar-refractivity contribution in [2.45, 2.75) is 25.9 Å². The maximum Gasteiger partial charge on any atom is 0.246 e. The number of carbonyl (C=O) groups is 1. The zero-order valence-electron chi connectivity index (χ0n) is 20.8. The number of halogens is 1. The summed E-state index contributed by atoms with van der Waals surface area (Å²) in [5.74, 6) is -0.213. The molecule has 0 N–H and O–H groups in total. The fourth-order valence-electron chi connectivity index (χ4n) is 4.94. The van der Waals surface area contributed by atoms with Gasteiger partial charge in [0.05, 0.1) is 18.0 Å². The standard InChI is InChI=1S/C28H32ClN3O3S/c1-21-14-15-25(29)20-26(21)32(36(3,34)35)22(2)28(33)31-18-16-30(17-19-31)27(23-10-6-4-7-11-23)24-12-8-5-9-13-24/h4-15,20,22,27H,16-19H2,1-3H3. The van der Waals surface area contributed by atoms with Crippen LogP contribution in [-0.2, 0) is 14.8 Å². The Morgan fingerprint density at radius 1 is 0.889 bits per heavy atom. The molecule has 1 amide bonds. The Balaban J connectivity index is 1.53. The average molecular weight is 526 g/mol. The van der Waals surface area contributed by atoms with Crippen molar-refractivity contribution in [1.29, 1.82) is 0 Å². The molecular formula is C28H32ClN3O3S. The third-order valence-corrected chi connectivity index (χ3v) is 8.16. The number of piperazine rings is 1. The van der Waals surface area contributed by atoms with Crippen molar-refractivity contribution in [2.24, 2.45) is 0 Å². The highest BCUT2D eigenvalue weighted by atomic mass is 35.5. The number of hydrogen-bond acceptors (Lipinski definition) is 4. The van der Waals surface area contributed by atoms with E-state index in [4.69, 9.17) is 11.6 Å². The number of sulfonamides is 1. The smallest absolute Gasteiger partial charge is 0.246 e. The van der Waals surface area contributed by atoms with E-state index >= 15 is 0 Å². The van der Waals surface area contributed by atoms with E-state index in [0.717, 1.165) is 11.8 Å². The third-order valence-electron chi connectivity index (χ3n) is 6.70. The molecule has 1 atom stereocenters. The molecule has 1 heterocycles. The monoisotopic (exact) mass is 525 g/mol. The van der Waals surface area contributed by atoms with Gasteiger partial charge in [-0.25, -0.2) is 8.42 Å². The molecule has 6 nitrogen and oxygen atoms in total. The molecule has 0 aliphatic carbocycles. The van der Waals surface area contributed by atoms with E-state index in [9.17, 15) is 13.2 Å². The van der Waals surface area contributed by atoms with Gasteiger partial charge in [0.15, 0.2) is 0 Å². The van der Waals surface area contributed by atoms with Gasteiger partial charge in [-0.2, -0.15) is 0 Å². The first-order valence-corrected chi connectivity index (χ1v) is 14.3. The molecule has 0 bridgehead atoms. The minimum atomic E-state index is -3.72. The van der Waals surface area contributed by atoms with Gasteiger partial charge in [0.2, 0.25) is 15.9 Å². The summed E-state index contributed by atoms with van der Waals surface area (Å²) < 4.78 is 26.8. The summed E-state index contributed by atoms with van der Waals surface area (Å²) >= 11 is 6.17. The largest absolute Gasteiger partial charge is 0.338 e. The minimum absolute atomic E-state index is 0.0868. The number of rotatable bonds is 7. The van der Waals surface area contributed by atoms with Crippen molar-refractivity contribution < 1.29 is 13.2 Å². The molecule has 1 fully saturated rings. The van der Waals surface area contributed by atoms with Crippen LogP contribution in [0.3, 0.4) is 0 Å². The summed E-state index contributed by atoms with van der Waals surface area (Å²) in [6.45, 7) is 5.86. The van der Waals surface area contributed by atoms with Crippen LogP contribution in [0.1, 0.15) is 29.7 Å². The predicted octanol–water partition coefficient (Wildman–Crippen LogP) is 4.74. The maximum atomic E-state index is 13.5. The van der Waals surface area contributed by atoms with Gasteiger partial charge in [-0.15, -0.1) is 0 Å². The maximum absolute atomic E-state index is 13.5. The van der Waals surface area contributed by atoms with Crippen LogP contribution >= 0.6 is 11.6 Å². The Hall–Kier alpha value is -2.87. The van der Waals surface area contributed by atoms with Gasteiger partial charge in [0.1, 0.15) is 6.04 Å². The second-order valence-corrected chi connectivity index (χ2v) is 11.5. The fourth-order valence-corrected chi connectivity index (χ4v) is 6.33. The molecule has 4 rings (SSSR count). The van der Waals surface area contributed by atoms with Crippen LogP contribution in [0.15, 0.2) is 78.9 Å². The SMILES string of the molecule is Cc1ccc(Cl)cc1N(C(C)C(=O)N1CCN(C(c2ccccc2)c2ccccc2)CC1)S(C)(=O)=O. The Morgan fingerprint density at radius 2 is 1.42 bits per heavy atom. The molecule has 8 heteroatoms. The number of benzene rings is 3. The van der Waals surface area contributed by atoms with Gasteiger partial charge in [0, 0.05) is 31.2 Å². The second kappa shape index (κ2) is 11.0. The van der Waals surface area contributed by atoms with Crippen molar-refractivity contribution >= 4 is 33.2 Å². The van der Waals surface area contributed by atoms with Crippen molar-refractivity contribution in [3.8, 4) is 0 Å². The van der Waals surface area contributed by atoms with Crippen LogP contribution in [0.4, 0.5) is 5.69 Å². The molecule has 1 saturated heterocycles. The van der Waals surface area contributed by atoms with Gasteiger partial charge >= 0.3 is 0 Å². The minimum Gasteiger partial charge on any atom is -0.338 e. The predicted molar refractivity (Wildman–Crippen MR) is 146 cm³/mol. The first-order chi connectivity index (χ1) is 17.2. The van der Waals surface area contributed by atoms with Gasteiger partial charge in [-0.3, -0.25) is 14.0 Å². The normalized spacial score (nSPS) is 15.6. The van der Waals surface area contributed by atoms with Crippen LogP contribution in [0, 0.1) is 6.92 Å². The highest BCUT2D eigenvalue weighted by molar-refractivity contribution is 7.92.